The van der Waals surface area contributed by atoms with Crippen molar-refractivity contribution < 1.29 is 14.3 Å². The molecule has 0 radical (unpaired) electrons. The summed E-state index contributed by atoms with van der Waals surface area (Å²) in [5.74, 6) is -0.699. The fourth-order valence-electron chi connectivity index (χ4n) is 1.43. The Kier molecular flexibility index (Phi) is 4.26. The molecule has 0 fully saturated rings. The lowest BCUT2D eigenvalue weighted by Gasteiger charge is -2.10. The number of carbonyl (C=O) groups is 2. The Morgan fingerprint density at radius 3 is 2.12 bits per heavy atom. The maximum absolute atomic E-state index is 11.7. The molecule has 4 nitrogen and oxygen atoms in total. The highest BCUT2D eigenvalue weighted by molar-refractivity contribution is 5.91. The van der Waals surface area contributed by atoms with Gasteiger partial charge < -0.3 is 9.64 Å². The predicted octanol–water partition coefficient (Wildman–Crippen LogP) is 1.55. The van der Waals surface area contributed by atoms with Crippen molar-refractivity contribution in [1.29, 1.82) is 0 Å². The molecular weight excluding hydrogens is 218 g/mol. The lowest BCUT2D eigenvalue weighted by Crippen LogP contribution is -2.27. The van der Waals surface area contributed by atoms with E-state index in [1.54, 1.807) is 26.2 Å². The lowest BCUT2D eigenvalue weighted by molar-refractivity contribution is -0.131. The average Bonchev–Trinajstić information content (AvgIpc) is 2.23. The minimum absolute atomic E-state index is 0.223. The monoisotopic (exact) mass is 235 g/mol. The molecule has 0 bridgehead atoms. The van der Waals surface area contributed by atoms with Crippen LogP contribution in [0.1, 0.15) is 21.5 Å². The Bertz CT molecular complexity index is 418. The Morgan fingerprint density at radius 2 is 1.65 bits per heavy atom. The number of ether oxygens (including phenoxy) is 1. The largest absolute Gasteiger partial charge is 0.452 e. The molecule has 0 saturated heterocycles. The maximum Gasteiger partial charge on any atom is 0.338 e. The van der Waals surface area contributed by atoms with Crippen molar-refractivity contribution in [2.75, 3.05) is 20.7 Å². The molecule has 0 saturated carbocycles. The Morgan fingerprint density at radius 1 is 1.12 bits per heavy atom. The van der Waals surface area contributed by atoms with Gasteiger partial charge in [0.15, 0.2) is 6.61 Å². The maximum atomic E-state index is 11.7. The van der Waals surface area contributed by atoms with Gasteiger partial charge in [0.25, 0.3) is 5.91 Å². The number of likely N-dealkylation sites (N-methyl/N-ethyl adjacent to an activating group) is 1. The van der Waals surface area contributed by atoms with Gasteiger partial charge in [0.2, 0.25) is 0 Å². The summed E-state index contributed by atoms with van der Waals surface area (Å²) in [5, 5.41) is 0. The van der Waals surface area contributed by atoms with Crippen LogP contribution in [0, 0.1) is 13.8 Å². The highest BCUT2D eigenvalue weighted by Crippen LogP contribution is 2.10. The molecule has 0 unspecified atom stereocenters. The molecule has 0 aliphatic rings. The average molecular weight is 235 g/mol. The minimum atomic E-state index is -0.466. The molecule has 1 amide bonds. The van der Waals surface area contributed by atoms with Crippen LogP contribution < -0.4 is 0 Å². The van der Waals surface area contributed by atoms with Crippen molar-refractivity contribution >= 4 is 11.9 Å². The topological polar surface area (TPSA) is 46.6 Å². The van der Waals surface area contributed by atoms with Crippen molar-refractivity contribution in [1.82, 2.24) is 4.90 Å². The molecule has 0 aliphatic carbocycles. The summed E-state index contributed by atoms with van der Waals surface area (Å²) in [6, 6.07) is 5.46. The summed E-state index contributed by atoms with van der Waals surface area (Å²) < 4.78 is 4.93. The van der Waals surface area contributed by atoms with E-state index in [1.165, 1.54) is 4.90 Å². The first-order valence-electron chi connectivity index (χ1n) is 5.35. The van der Waals surface area contributed by atoms with Crippen molar-refractivity contribution in [3.8, 4) is 0 Å². The molecule has 92 valence electrons. The number of aryl methyl sites for hydroxylation is 2. The van der Waals surface area contributed by atoms with E-state index in [0.717, 1.165) is 11.1 Å². The highest BCUT2D eigenvalue weighted by atomic mass is 16.5. The lowest BCUT2D eigenvalue weighted by atomic mass is 10.1. The van der Waals surface area contributed by atoms with E-state index in [4.69, 9.17) is 4.74 Å². The predicted molar refractivity (Wildman–Crippen MR) is 64.9 cm³/mol. The van der Waals surface area contributed by atoms with E-state index in [1.807, 2.05) is 19.9 Å². The van der Waals surface area contributed by atoms with Gasteiger partial charge in [0.05, 0.1) is 5.56 Å². The minimum Gasteiger partial charge on any atom is -0.452 e. The molecule has 0 aliphatic heterocycles. The van der Waals surface area contributed by atoms with Gasteiger partial charge in [-0.25, -0.2) is 4.79 Å². The summed E-state index contributed by atoms with van der Waals surface area (Å²) in [6.45, 7) is 3.60. The number of amides is 1. The van der Waals surface area contributed by atoms with Crippen LogP contribution in [0.5, 0.6) is 0 Å². The molecule has 17 heavy (non-hydrogen) atoms. The SMILES string of the molecule is Cc1cc(C)cc(C(=O)OCC(=O)N(C)C)c1. The summed E-state index contributed by atoms with van der Waals surface area (Å²) in [5.41, 5.74) is 2.47. The van der Waals surface area contributed by atoms with Gasteiger partial charge >= 0.3 is 5.97 Å². The van der Waals surface area contributed by atoms with Crippen LogP contribution >= 0.6 is 0 Å². The zero-order valence-electron chi connectivity index (χ0n) is 10.6. The second kappa shape index (κ2) is 5.48. The first-order chi connectivity index (χ1) is 7.90. The molecule has 0 atom stereocenters. The summed E-state index contributed by atoms with van der Waals surface area (Å²) in [7, 11) is 3.24. The van der Waals surface area contributed by atoms with Crippen LogP contribution in [-0.2, 0) is 9.53 Å². The normalized spacial score (nSPS) is 9.88. The Balaban J connectivity index is 2.67. The van der Waals surface area contributed by atoms with E-state index in [2.05, 4.69) is 0 Å². The van der Waals surface area contributed by atoms with Crippen molar-refractivity contribution in [2.45, 2.75) is 13.8 Å². The van der Waals surface area contributed by atoms with Crippen LogP contribution in [0.4, 0.5) is 0 Å². The van der Waals surface area contributed by atoms with Crippen molar-refractivity contribution in [2.24, 2.45) is 0 Å². The van der Waals surface area contributed by atoms with Gasteiger partial charge in [0, 0.05) is 14.1 Å². The van der Waals surface area contributed by atoms with Gasteiger partial charge in [-0.3, -0.25) is 4.79 Å². The third kappa shape index (κ3) is 3.90. The van der Waals surface area contributed by atoms with Crippen LogP contribution in [0.2, 0.25) is 0 Å². The van der Waals surface area contributed by atoms with E-state index in [0.29, 0.717) is 5.56 Å². The van der Waals surface area contributed by atoms with E-state index >= 15 is 0 Å². The number of esters is 1. The number of carbonyl (C=O) groups excluding carboxylic acids is 2. The van der Waals surface area contributed by atoms with Crippen molar-refractivity contribution in [3.05, 3.63) is 34.9 Å². The van der Waals surface area contributed by atoms with Crippen LogP contribution in [0.3, 0.4) is 0 Å². The number of hydrogen-bond acceptors (Lipinski definition) is 3. The van der Waals surface area contributed by atoms with Gasteiger partial charge in [-0.1, -0.05) is 17.2 Å². The van der Waals surface area contributed by atoms with E-state index < -0.39 is 5.97 Å². The molecule has 0 spiro atoms. The summed E-state index contributed by atoms with van der Waals surface area (Å²) in [6.07, 6.45) is 0. The van der Waals surface area contributed by atoms with Gasteiger partial charge in [-0.15, -0.1) is 0 Å². The first-order valence-corrected chi connectivity index (χ1v) is 5.35. The first kappa shape index (κ1) is 13.2. The quantitative estimate of drug-likeness (QED) is 0.747. The summed E-state index contributed by atoms with van der Waals surface area (Å²) >= 11 is 0. The fraction of sp³-hybridized carbons (Fsp3) is 0.385. The molecule has 1 rings (SSSR count). The van der Waals surface area contributed by atoms with Crippen LogP contribution in [0.25, 0.3) is 0 Å². The molecule has 1 aromatic carbocycles. The van der Waals surface area contributed by atoms with Gasteiger partial charge in [-0.2, -0.15) is 0 Å². The Labute approximate surface area is 101 Å². The van der Waals surface area contributed by atoms with Gasteiger partial charge in [0.1, 0.15) is 0 Å². The molecule has 0 N–H and O–H groups in total. The molecular formula is C13H17NO3. The summed E-state index contributed by atoms with van der Waals surface area (Å²) in [4.78, 5) is 24.3. The third-order valence-electron chi connectivity index (χ3n) is 2.28. The fourth-order valence-corrected chi connectivity index (χ4v) is 1.43. The zero-order chi connectivity index (χ0) is 13.0. The van der Waals surface area contributed by atoms with E-state index in [9.17, 15) is 9.59 Å². The molecule has 4 heteroatoms. The third-order valence-corrected chi connectivity index (χ3v) is 2.28. The van der Waals surface area contributed by atoms with Crippen LogP contribution in [0.15, 0.2) is 18.2 Å². The van der Waals surface area contributed by atoms with Crippen molar-refractivity contribution in [3.63, 3.8) is 0 Å². The second-order valence-electron chi connectivity index (χ2n) is 4.24. The van der Waals surface area contributed by atoms with Crippen LogP contribution in [-0.4, -0.2) is 37.5 Å². The highest BCUT2D eigenvalue weighted by Gasteiger charge is 2.11. The van der Waals surface area contributed by atoms with Gasteiger partial charge in [-0.05, 0) is 26.0 Å². The smallest absolute Gasteiger partial charge is 0.338 e. The standard InChI is InChI=1S/C13H17NO3/c1-9-5-10(2)7-11(6-9)13(16)17-8-12(15)14(3)4/h5-7H,8H2,1-4H3. The molecule has 1 aromatic rings. The molecule has 0 aromatic heterocycles. The number of hydrogen-bond donors (Lipinski definition) is 0. The zero-order valence-corrected chi connectivity index (χ0v) is 10.6. The number of rotatable bonds is 3. The Hall–Kier alpha value is -1.84. The number of nitrogens with zero attached hydrogens (tertiary/aromatic N) is 1. The second-order valence-corrected chi connectivity index (χ2v) is 4.24. The van der Waals surface area contributed by atoms with E-state index in [-0.39, 0.29) is 12.5 Å². The molecule has 0 heterocycles. The number of benzene rings is 1.